The molecule has 0 radical (unpaired) electrons. The van der Waals surface area contributed by atoms with Crippen molar-refractivity contribution in [3.05, 3.63) is 194 Å². The Labute approximate surface area is 322 Å². The molecule has 0 N–H and O–H groups in total. The molecular formula is C51H32N4O. The summed E-state index contributed by atoms with van der Waals surface area (Å²) in [4.78, 5) is 15.3. The third kappa shape index (κ3) is 5.37. The van der Waals surface area contributed by atoms with E-state index in [-0.39, 0.29) is 0 Å². The average Bonchev–Trinajstić information content (AvgIpc) is 3.83. The largest absolute Gasteiger partial charge is 0.455 e. The zero-order valence-electron chi connectivity index (χ0n) is 30.2. The van der Waals surface area contributed by atoms with Crippen LogP contribution in [-0.2, 0) is 0 Å². The Kier molecular flexibility index (Phi) is 7.42. The van der Waals surface area contributed by atoms with Gasteiger partial charge in [-0.15, -0.1) is 0 Å². The number of hydrogen-bond donors (Lipinski definition) is 0. The third-order valence-electron chi connectivity index (χ3n) is 10.6. The smallest absolute Gasteiger partial charge is 0.164 e. The molecule has 8 aromatic carbocycles. The van der Waals surface area contributed by atoms with Crippen molar-refractivity contribution in [3.63, 3.8) is 0 Å². The summed E-state index contributed by atoms with van der Waals surface area (Å²) in [5.74, 6) is 1.86. The standard InChI is InChI=1S/C51H32N4O/c1-3-14-33(15-4-1)49-52-50(54-51(53-49)38-28-29-42-41-22-7-9-26-45(41)55(46(42)32-38)39-20-5-2-6-21-39)37-19-12-17-35(31-37)34-16-11-18-36(30-34)40-24-13-25-44-43-23-8-10-27-47(43)56-48(40)44/h1-32H. The lowest BCUT2D eigenvalue weighted by atomic mass is 9.97. The van der Waals surface area contributed by atoms with Crippen LogP contribution in [0.1, 0.15) is 0 Å². The van der Waals surface area contributed by atoms with Crippen LogP contribution in [-0.4, -0.2) is 19.5 Å². The first-order valence-corrected chi connectivity index (χ1v) is 18.8. The third-order valence-corrected chi connectivity index (χ3v) is 10.6. The molecule has 262 valence electrons. The van der Waals surface area contributed by atoms with Crippen molar-refractivity contribution in [1.29, 1.82) is 0 Å². The van der Waals surface area contributed by atoms with Crippen molar-refractivity contribution in [2.24, 2.45) is 0 Å². The van der Waals surface area contributed by atoms with Gasteiger partial charge in [0.1, 0.15) is 11.2 Å². The summed E-state index contributed by atoms with van der Waals surface area (Å²) in [6.07, 6.45) is 0. The number of para-hydroxylation sites is 4. The first kappa shape index (κ1) is 31.9. The van der Waals surface area contributed by atoms with Gasteiger partial charge < -0.3 is 8.98 Å². The molecule has 0 amide bonds. The van der Waals surface area contributed by atoms with Crippen LogP contribution in [0.25, 0.3) is 106 Å². The molecule has 11 aromatic rings. The van der Waals surface area contributed by atoms with Crippen LogP contribution in [0.5, 0.6) is 0 Å². The number of aromatic nitrogens is 4. The van der Waals surface area contributed by atoms with Crippen molar-refractivity contribution in [3.8, 4) is 62.1 Å². The summed E-state index contributed by atoms with van der Waals surface area (Å²) in [7, 11) is 0. The highest BCUT2D eigenvalue weighted by atomic mass is 16.3. The van der Waals surface area contributed by atoms with Crippen LogP contribution in [0.3, 0.4) is 0 Å². The van der Waals surface area contributed by atoms with Gasteiger partial charge in [0.05, 0.1) is 11.0 Å². The lowest BCUT2D eigenvalue weighted by Crippen LogP contribution is -2.00. The zero-order valence-corrected chi connectivity index (χ0v) is 30.2. The van der Waals surface area contributed by atoms with Gasteiger partial charge >= 0.3 is 0 Å². The molecule has 3 aromatic heterocycles. The molecule has 0 aliphatic carbocycles. The van der Waals surface area contributed by atoms with Crippen LogP contribution in [0.2, 0.25) is 0 Å². The molecule has 11 rings (SSSR count). The molecule has 5 nitrogen and oxygen atoms in total. The summed E-state index contributed by atoms with van der Waals surface area (Å²) in [6, 6.07) is 67.4. The second kappa shape index (κ2) is 13.0. The lowest BCUT2D eigenvalue weighted by Gasteiger charge is -2.11. The number of rotatable bonds is 6. The number of benzene rings is 8. The molecule has 0 saturated heterocycles. The minimum atomic E-state index is 0.614. The molecule has 56 heavy (non-hydrogen) atoms. The van der Waals surface area contributed by atoms with Gasteiger partial charge in [-0.1, -0.05) is 152 Å². The minimum absolute atomic E-state index is 0.614. The normalized spacial score (nSPS) is 11.6. The molecule has 0 spiro atoms. The van der Waals surface area contributed by atoms with E-state index >= 15 is 0 Å². The second-order valence-corrected chi connectivity index (χ2v) is 14.0. The Hall–Kier alpha value is -7.63. The van der Waals surface area contributed by atoms with Crippen molar-refractivity contribution in [2.45, 2.75) is 0 Å². The van der Waals surface area contributed by atoms with Gasteiger partial charge in [0.15, 0.2) is 17.5 Å². The van der Waals surface area contributed by atoms with E-state index in [9.17, 15) is 0 Å². The molecule has 3 heterocycles. The average molecular weight is 717 g/mol. The van der Waals surface area contributed by atoms with E-state index < -0.39 is 0 Å². The highest BCUT2D eigenvalue weighted by Gasteiger charge is 2.18. The van der Waals surface area contributed by atoms with E-state index in [1.807, 2.05) is 42.5 Å². The van der Waals surface area contributed by atoms with Gasteiger partial charge in [0.25, 0.3) is 0 Å². The van der Waals surface area contributed by atoms with Crippen LogP contribution >= 0.6 is 0 Å². The Morgan fingerprint density at radius 2 is 0.875 bits per heavy atom. The highest BCUT2D eigenvalue weighted by Crippen LogP contribution is 2.38. The van der Waals surface area contributed by atoms with Gasteiger partial charge in [0.2, 0.25) is 0 Å². The summed E-state index contributed by atoms with van der Waals surface area (Å²) in [5, 5.41) is 4.62. The predicted octanol–water partition coefficient (Wildman–Crippen LogP) is 13.2. The highest BCUT2D eigenvalue weighted by molar-refractivity contribution is 6.11. The van der Waals surface area contributed by atoms with Crippen molar-refractivity contribution >= 4 is 43.7 Å². The first-order valence-electron chi connectivity index (χ1n) is 18.8. The van der Waals surface area contributed by atoms with E-state index in [4.69, 9.17) is 19.4 Å². The fraction of sp³-hybridized carbons (Fsp3) is 0. The Morgan fingerprint density at radius 1 is 0.339 bits per heavy atom. The Morgan fingerprint density at radius 3 is 1.66 bits per heavy atom. The van der Waals surface area contributed by atoms with E-state index in [0.717, 1.165) is 77.6 Å². The topological polar surface area (TPSA) is 56.7 Å². The van der Waals surface area contributed by atoms with Crippen LogP contribution in [0.15, 0.2) is 199 Å². The number of furan rings is 1. The van der Waals surface area contributed by atoms with Gasteiger partial charge in [-0.05, 0) is 59.2 Å². The molecule has 0 saturated carbocycles. The van der Waals surface area contributed by atoms with Gasteiger partial charge in [-0.2, -0.15) is 0 Å². The maximum Gasteiger partial charge on any atom is 0.164 e. The van der Waals surface area contributed by atoms with Crippen LogP contribution in [0, 0.1) is 0 Å². The Bertz CT molecular complexity index is 3250. The van der Waals surface area contributed by atoms with Gasteiger partial charge in [0, 0.05) is 49.5 Å². The van der Waals surface area contributed by atoms with E-state index in [1.165, 1.54) is 10.8 Å². The summed E-state index contributed by atoms with van der Waals surface area (Å²) >= 11 is 0. The molecule has 5 heteroatoms. The van der Waals surface area contributed by atoms with Crippen molar-refractivity contribution in [2.75, 3.05) is 0 Å². The molecular weight excluding hydrogens is 685 g/mol. The summed E-state index contributed by atoms with van der Waals surface area (Å²) < 4.78 is 8.72. The summed E-state index contributed by atoms with van der Waals surface area (Å²) in [5.41, 5.74) is 12.2. The Balaban J connectivity index is 1.04. The van der Waals surface area contributed by atoms with Crippen molar-refractivity contribution < 1.29 is 4.42 Å². The molecule has 0 fully saturated rings. The van der Waals surface area contributed by atoms with Crippen molar-refractivity contribution in [1.82, 2.24) is 19.5 Å². The predicted molar refractivity (Wildman–Crippen MR) is 229 cm³/mol. The second-order valence-electron chi connectivity index (χ2n) is 14.0. The molecule has 0 atom stereocenters. The molecule has 0 aliphatic rings. The maximum atomic E-state index is 6.40. The van der Waals surface area contributed by atoms with Gasteiger partial charge in [-0.25, -0.2) is 15.0 Å². The van der Waals surface area contributed by atoms with E-state index in [1.54, 1.807) is 0 Å². The van der Waals surface area contributed by atoms with Crippen LogP contribution < -0.4 is 0 Å². The lowest BCUT2D eigenvalue weighted by molar-refractivity contribution is 0.670. The molecule has 0 aliphatic heterocycles. The summed E-state index contributed by atoms with van der Waals surface area (Å²) in [6.45, 7) is 0. The fourth-order valence-electron chi connectivity index (χ4n) is 7.99. The van der Waals surface area contributed by atoms with Gasteiger partial charge in [-0.3, -0.25) is 0 Å². The quantitative estimate of drug-likeness (QED) is 0.172. The SMILES string of the molecule is c1ccc(-c2nc(-c3cccc(-c4cccc(-c5cccc6c5oc5ccccc56)c4)c3)nc(-c3ccc4c5ccccc5n(-c5ccccc5)c4c3)n2)cc1. The number of fused-ring (bicyclic) bond motifs is 6. The minimum Gasteiger partial charge on any atom is -0.455 e. The zero-order chi connectivity index (χ0) is 37.0. The fourth-order valence-corrected chi connectivity index (χ4v) is 7.99. The monoisotopic (exact) mass is 716 g/mol. The van der Waals surface area contributed by atoms with E-state index in [0.29, 0.717) is 17.5 Å². The molecule has 0 bridgehead atoms. The molecule has 0 unspecified atom stereocenters. The van der Waals surface area contributed by atoms with E-state index in [2.05, 4.69) is 156 Å². The number of nitrogens with zero attached hydrogens (tertiary/aromatic N) is 4. The maximum absolute atomic E-state index is 6.40. The van der Waals surface area contributed by atoms with Crippen LogP contribution in [0.4, 0.5) is 0 Å². The number of hydrogen-bond acceptors (Lipinski definition) is 4. The first-order chi connectivity index (χ1) is 27.7.